The predicted molar refractivity (Wildman–Crippen MR) is 78.3 cm³/mol. The number of aryl methyl sites for hydroxylation is 1. The molecule has 2 aromatic rings. The molecule has 3 nitrogen and oxygen atoms in total. The van der Waals surface area contributed by atoms with Crippen molar-refractivity contribution in [3.8, 4) is 0 Å². The molecule has 0 atom stereocenters. The van der Waals surface area contributed by atoms with Gasteiger partial charge in [0, 0.05) is 12.2 Å². The Morgan fingerprint density at radius 1 is 1.15 bits per heavy atom. The predicted octanol–water partition coefficient (Wildman–Crippen LogP) is 3.50. The molecule has 2 rings (SSSR count). The van der Waals surface area contributed by atoms with Crippen molar-refractivity contribution in [3.05, 3.63) is 65.5 Å². The van der Waals surface area contributed by atoms with Gasteiger partial charge in [-0.25, -0.2) is 9.18 Å². The fraction of sp³-hybridized carbons (Fsp3) is 0.188. The normalized spacial score (nSPS) is 10.1. The summed E-state index contributed by atoms with van der Waals surface area (Å²) in [6, 6.07) is 13.8. The summed E-state index contributed by atoms with van der Waals surface area (Å²) in [6.07, 6.45) is 0.466. The second-order valence-corrected chi connectivity index (χ2v) is 4.59. The first-order valence-corrected chi connectivity index (χ1v) is 6.50. The molecule has 0 saturated heterocycles. The van der Waals surface area contributed by atoms with Crippen LogP contribution in [0.3, 0.4) is 0 Å². The molecular formula is C16H17FN2O. The molecule has 2 aromatic carbocycles. The van der Waals surface area contributed by atoms with Crippen LogP contribution in [0.25, 0.3) is 0 Å². The zero-order valence-electron chi connectivity index (χ0n) is 11.3. The molecule has 4 heteroatoms. The average Bonchev–Trinajstić information content (AvgIpc) is 2.41. The molecule has 0 aromatic heterocycles. The Morgan fingerprint density at radius 2 is 1.95 bits per heavy atom. The minimum atomic E-state index is -0.285. The van der Waals surface area contributed by atoms with Gasteiger partial charge in [0.15, 0.2) is 0 Å². The van der Waals surface area contributed by atoms with Gasteiger partial charge in [-0.05, 0) is 42.7 Å². The number of rotatable bonds is 4. The highest BCUT2D eigenvalue weighted by Crippen LogP contribution is 2.09. The number of carbonyl (C=O) groups excluding carboxylic acids is 1. The maximum Gasteiger partial charge on any atom is 0.319 e. The van der Waals surface area contributed by atoms with Crippen LogP contribution in [0.1, 0.15) is 11.1 Å². The summed E-state index contributed by atoms with van der Waals surface area (Å²) in [6.45, 7) is 2.35. The van der Waals surface area contributed by atoms with E-state index in [1.165, 1.54) is 6.07 Å². The van der Waals surface area contributed by atoms with E-state index >= 15 is 0 Å². The first-order valence-electron chi connectivity index (χ1n) is 6.50. The van der Waals surface area contributed by atoms with Crippen LogP contribution in [-0.2, 0) is 6.42 Å². The third-order valence-corrected chi connectivity index (χ3v) is 2.91. The van der Waals surface area contributed by atoms with E-state index in [9.17, 15) is 9.18 Å². The second kappa shape index (κ2) is 6.70. The summed E-state index contributed by atoms with van der Waals surface area (Å²) < 4.78 is 13.4. The Morgan fingerprint density at radius 3 is 2.70 bits per heavy atom. The van der Waals surface area contributed by atoms with Crippen LogP contribution < -0.4 is 10.6 Å². The van der Waals surface area contributed by atoms with Crippen molar-refractivity contribution in [2.45, 2.75) is 13.3 Å². The van der Waals surface area contributed by atoms with Gasteiger partial charge in [0.25, 0.3) is 0 Å². The third kappa shape index (κ3) is 4.09. The smallest absolute Gasteiger partial charge is 0.319 e. The number of amides is 2. The number of anilines is 1. The van der Waals surface area contributed by atoms with Gasteiger partial charge in [0.1, 0.15) is 5.82 Å². The molecule has 0 radical (unpaired) electrons. The number of hydrogen-bond acceptors (Lipinski definition) is 1. The van der Waals surface area contributed by atoms with Gasteiger partial charge >= 0.3 is 6.03 Å². The molecule has 0 unspecified atom stereocenters. The highest BCUT2D eigenvalue weighted by atomic mass is 19.1. The summed E-state index contributed by atoms with van der Waals surface area (Å²) in [5.41, 5.74) is 2.42. The summed E-state index contributed by atoms with van der Waals surface area (Å²) in [5, 5.41) is 5.45. The van der Waals surface area contributed by atoms with Crippen LogP contribution >= 0.6 is 0 Å². The summed E-state index contributed by atoms with van der Waals surface area (Å²) in [5.74, 6) is -0.242. The Hall–Kier alpha value is -2.36. The lowest BCUT2D eigenvalue weighted by Crippen LogP contribution is -2.30. The van der Waals surface area contributed by atoms with Crippen LogP contribution in [0.4, 0.5) is 14.9 Å². The minimum Gasteiger partial charge on any atom is -0.338 e. The minimum absolute atomic E-state index is 0.242. The van der Waals surface area contributed by atoms with Crippen LogP contribution in [0.5, 0.6) is 0 Å². The lowest BCUT2D eigenvalue weighted by Gasteiger charge is -2.08. The molecule has 2 amide bonds. The molecule has 0 heterocycles. The molecule has 104 valence electrons. The van der Waals surface area contributed by atoms with Crippen molar-refractivity contribution in [2.75, 3.05) is 11.9 Å². The lowest BCUT2D eigenvalue weighted by atomic mass is 10.1. The standard InChI is InChI=1S/C16H17FN2O/c1-12-5-4-7-14(11-12)19-16(20)18-10-9-13-6-2-3-8-15(13)17/h2-8,11H,9-10H2,1H3,(H2,18,19,20). The zero-order valence-corrected chi connectivity index (χ0v) is 11.3. The number of nitrogens with one attached hydrogen (secondary N) is 2. The van der Waals surface area contributed by atoms with Gasteiger partial charge in [-0.1, -0.05) is 30.3 Å². The molecule has 0 bridgehead atoms. The maximum atomic E-state index is 13.4. The average molecular weight is 272 g/mol. The number of hydrogen-bond donors (Lipinski definition) is 2. The number of halogens is 1. The number of carbonyl (C=O) groups is 1. The van der Waals surface area contributed by atoms with Gasteiger partial charge in [-0.15, -0.1) is 0 Å². The molecule has 0 saturated carbocycles. The first-order chi connectivity index (χ1) is 9.65. The molecule has 0 aliphatic carbocycles. The van der Waals surface area contributed by atoms with Crippen molar-refractivity contribution in [1.29, 1.82) is 0 Å². The Bertz CT molecular complexity index is 599. The highest BCUT2D eigenvalue weighted by molar-refractivity contribution is 5.89. The van der Waals surface area contributed by atoms with Crippen LogP contribution in [0, 0.1) is 12.7 Å². The SMILES string of the molecule is Cc1cccc(NC(=O)NCCc2ccccc2F)c1. The lowest BCUT2D eigenvalue weighted by molar-refractivity contribution is 0.252. The number of urea groups is 1. The van der Waals surface area contributed by atoms with E-state index in [0.29, 0.717) is 18.5 Å². The summed E-state index contributed by atoms with van der Waals surface area (Å²) in [7, 11) is 0. The van der Waals surface area contributed by atoms with Crippen molar-refractivity contribution >= 4 is 11.7 Å². The molecule has 0 aliphatic heterocycles. The van der Waals surface area contributed by atoms with Gasteiger partial charge in [-0.3, -0.25) is 0 Å². The zero-order chi connectivity index (χ0) is 14.4. The van der Waals surface area contributed by atoms with Gasteiger partial charge < -0.3 is 10.6 Å². The third-order valence-electron chi connectivity index (χ3n) is 2.91. The second-order valence-electron chi connectivity index (χ2n) is 4.59. The molecule has 2 N–H and O–H groups in total. The van der Waals surface area contributed by atoms with Gasteiger partial charge in [0.05, 0.1) is 0 Å². The molecule has 20 heavy (non-hydrogen) atoms. The largest absolute Gasteiger partial charge is 0.338 e. The molecular weight excluding hydrogens is 255 g/mol. The van der Waals surface area contributed by atoms with Crippen LogP contribution in [0.15, 0.2) is 48.5 Å². The monoisotopic (exact) mass is 272 g/mol. The number of benzene rings is 2. The molecule has 0 spiro atoms. The summed E-state index contributed by atoms with van der Waals surface area (Å²) >= 11 is 0. The van der Waals surface area contributed by atoms with E-state index in [4.69, 9.17) is 0 Å². The Kier molecular flexibility index (Phi) is 4.71. The van der Waals surface area contributed by atoms with E-state index < -0.39 is 0 Å². The molecule has 0 aliphatic rings. The van der Waals surface area contributed by atoms with Crippen LogP contribution in [0.2, 0.25) is 0 Å². The van der Waals surface area contributed by atoms with Crippen molar-refractivity contribution in [2.24, 2.45) is 0 Å². The maximum absolute atomic E-state index is 13.4. The van der Waals surface area contributed by atoms with E-state index in [1.807, 2.05) is 31.2 Å². The molecule has 0 fully saturated rings. The fourth-order valence-electron chi connectivity index (χ4n) is 1.91. The quantitative estimate of drug-likeness (QED) is 0.878. The van der Waals surface area contributed by atoms with Gasteiger partial charge in [0.2, 0.25) is 0 Å². The van der Waals surface area contributed by atoms with Crippen LogP contribution in [-0.4, -0.2) is 12.6 Å². The first kappa shape index (κ1) is 14.1. The van der Waals surface area contributed by atoms with Gasteiger partial charge in [-0.2, -0.15) is 0 Å². The van der Waals surface area contributed by atoms with Crippen molar-refractivity contribution in [3.63, 3.8) is 0 Å². The van der Waals surface area contributed by atoms with E-state index in [-0.39, 0.29) is 11.8 Å². The van der Waals surface area contributed by atoms with E-state index in [2.05, 4.69) is 10.6 Å². The van der Waals surface area contributed by atoms with Crippen molar-refractivity contribution < 1.29 is 9.18 Å². The Labute approximate surface area is 117 Å². The van der Waals surface area contributed by atoms with Crippen molar-refractivity contribution in [1.82, 2.24) is 5.32 Å². The topological polar surface area (TPSA) is 41.1 Å². The Balaban J connectivity index is 1.80. The van der Waals surface area contributed by atoms with E-state index in [1.54, 1.807) is 18.2 Å². The van der Waals surface area contributed by atoms with E-state index in [0.717, 1.165) is 11.3 Å². The summed E-state index contributed by atoms with van der Waals surface area (Å²) in [4.78, 5) is 11.7. The fourth-order valence-corrected chi connectivity index (χ4v) is 1.91. The highest BCUT2D eigenvalue weighted by Gasteiger charge is 2.03.